The minimum Gasteiger partial charge on any atom is -0.369 e. The summed E-state index contributed by atoms with van der Waals surface area (Å²) in [5, 5.41) is 4.73. The Morgan fingerprint density at radius 1 is 1.07 bits per heavy atom. The van der Waals surface area contributed by atoms with Crippen molar-refractivity contribution in [3.8, 4) is 11.1 Å². The van der Waals surface area contributed by atoms with E-state index < -0.39 is 0 Å². The van der Waals surface area contributed by atoms with Crippen LogP contribution in [-0.2, 0) is 0 Å². The molecule has 1 saturated carbocycles. The largest absolute Gasteiger partial charge is 0.369 e. The highest BCUT2D eigenvalue weighted by atomic mass is 15.3. The number of hydrogen-bond donors (Lipinski definition) is 1. The van der Waals surface area contributed by atoms with E-state index in [9.17, 15) is 0 Å². The third-order valence-corrected chi connectivity index (χ3v) is 6.60. The highest BCUT2D eigenvalue weighted by Crippen LogP contribution is 2.50. The van der Waals surface area contributed by atoms with E-state index in [0.717, 1.165) is 42.8 Å². The highest BCUT2D eigenvalue weighted by Gasteiger charge is 2.48. The van der Waals surface area contributed by atoms with Crippen molar-refractivity contribution >= 4 is 22.3 Å². The third kappa shape index (κ3) is 2.36. The standard InChI is InChI=1S/C24H22N4/c1-25-18-9-7-16(8-10-18)19-3-2-4-20-22(17-5-6-17)21(11-27-23(19)20)28-14-24(15-28)12-26-13-24/h2-4,7-11,17,26H,5-6,12-15H2. The molecule has 2 saturated heterocycles. The predicted octanol–water partition coefficient (Wildman–Crippen LogP) is 4.74. The van der Waals surface area contributed by atoms with Gasteiger partial charge in [-0.15, -0.1) is 0 Å². The quantitative estimate of drug-likeness (QED) is 0.680. The summed E-state index contributed by atoms with van der Waals surface area (Å²) in [4.78, 5) is 11.0. The van der Waals surface area contributed by atoms with E-state index in [0.29, 0.717) is 17.0 Å². The topological polar surface area (TPSA) is 32.5 Å². The second kappa shape index (κ2) is 5.80. The van der Waals surface area contributed by atoms with Crippen molar-refractivity contribution in [3.05, 3.63) is 65.6 Å². The van der Waals surface area contributed by atoms with E-state index in [-0.39, 0.29) is 0 Å². The first-order chi connectivity index (χ1) is 13.8. The van der Waals surface area contributed by atoms with Crippen molar-refractivity contribution in [1.29, 1.82) is 0 Å². The van der Waals surface area contributed by atoms with E-state index >= 15 is 0 Å². The van der Waals surface area contributed by atoms with Crippen LogP contribution < -0.4 is 10.2 Å². The van der Waals surface area contributed by atoms with Crippen LogP contribution in [0.4, 0.5) is 11.4 Å². The Kier molecular flexibility index (Phi) is 3.33. The smallest absolute Gasteiger partial charge is 0.187 e. The van der Waals surface area contributed by atoms with Gasteiger partial charge < -0.3 is 10.2 Å². The maximum Gasteiger partial charge on any atom is 0.187 e. The van der Waals surface area contributed by atoms with Crippen molar-refractivity contribution < 1.29 is 0 Å². The molecule has 3 fully saturated rings. The molecule has 1 spiro atoms. The van der Waals surface area contributed by atoms with Crippen LogP contribution in [0.2, 0.25) is 0 Å². The summed E-state index contributed by atoms with van der Waals surface area (Å²) in [5.74, 6) is 0.677. The number of hydrogen-bond acceptors (Lipinski definition) is 3. The average Bonchev–Trinajstić information content (AvgIpc) is 3.50. The van der Waals surface area contributed by atoms with Crippen LogP contribution in [0.3, 0.4) is 0 Å². The molecule has 0 amide bonds. The molecule has 138 valence electrons. The van der Waals surface area contributed by atoms with Gasteiger partial charge in [-0.2, -0.15) is 0 Å². The summed E-state index contributed by atoms with van der Waals surface area (Å²) < 4.78 is 0. The molecule has 3 aliphatic rings. The number of benzene rings is 2. The zero-order valence-electron chi connectivity index (χ0n) is 15.8. The van der Waals surface area contributed by atoms with Gasteiger partial charge in [0.05, 0.1) is 24.0 Å². The lowest BCUT2D eigenvalue weighted by molar-refractivity contribution is 0.121. The second-order valence-corrected chi connectivity index (χ2v) is 8.65. The van der Waals surface area contributed by atoms with Gasteiger partial charge in [0, 0.05) is 42.5 Å². The molecule has 4 heteroatoms. The molecule has 3 heterocycles. The number of nitrogens with zero attached hydrogens (tertiary/aromatic N) is 3. The van der Waals surface area contributed by atoms with Crippen LogP contribution in [-0.4, -0.2) is 31.2 Å². The van der Waals surface area contributed by atoms with Crippen LogP contribution in [0.25, 0.3) is 26.9 Å². The number of nitrogens with one attached hydrogen (secondary N) is 1. The number of pyridine rings is 1. The summed E-state index contributed by atoms with van der Waals surface area (Å²) in [6.45, 7) is 11.8. The molecule has 28 heavy (non-hydrogen) atoms. The van der Waals surface area contributed by atoms with Gasteiger partial charge in [-0.25, -0.2) is 4.85 Å². The minimum absolute atomic E-state index is 0.516. The van der Waals surface area contributed by atoms with Crippen molar-refractivity contribution in [2.24, 2.45) is 5.41 Å². The fourth-order valence-electron chi connectivity index (χ4n) is 4.87. The Labute approximate surface area is 165 Å². The molecule has 1 N–H and O–H groups in total. The van der Waals surface area contributed by atoms with Crippen molar-refractivity contribution in [3.63, 3.8) is 0 Å². The van der Waals surface area contributed by atoms with E-state index in [4.69, 9.17) is 11.6 Å². The van der Waals surface area contributed by atoms with Crippen LogP contribution >= 0.6 is 0 Å². The van der Waals surface area contributed by atoms with Crippen molar-refractivity contribution in [2.45, 2.75) is 18.8 Å². The lowest BCUT2D eigenvalue weighted by Gasteiger charge is -2.57. The fraction of sp³-hybridized carbons (Fsp3) is 0.333. The van der Waals surface area contributed by atoms with Crippen LogP contribution in [0, 0.1) is 12.0 Å². The first kappa shape index (κ1) is 16.1. The lowest BCUT2D eigenvalue weighted by Crippen LogP contribution is -2.71. The maximum absolute atomic E-state index is 7.17. The predicted molar refractivity (Wildman–Crippen MR) is 113 cm³/mol. The molecule has 4 nitrogen and oxygen atoms in total. The van der Waals surface area contributed by atoms with E-state index in [1.54, 1.807) is 0 Å². The second-order valence-electron chi connectivity index (χ2n) is 8.65. The van der Waals surface area contributed by atoms with Gasteiger partial charge in [0.2, 0.25) is 0 Å². The van der Waals surface area contributed by atoms with E-state index in [1.807, 2.05) is 24.3 Å². The average molecular weight is 366 g/mol. The molecular weight excluding hydrogens is 344 g/mol. The van der Waals surface area contributed by atoms with E-state index in [1.165, 1.54) is 29.5 Å². The van der Waals surface area contributed by atoms with Gasteiger partial charge in [0.15, 0.2) is 5.69 Å². The molecule has 3 aromatic rings. The Hall–Kier alpha value is -2.90. The summed E-state index contributed by atoms with van der Waals surface area (Å²) in [6, 6.07) is 14.4. The Morgan fingerprint density at radius 2 is 1.86 bits per heavy atom. The third-order valence-electron chi connectivity index (χ3n) is 6.60. The van der Waals surface area contributed by atoms with Gasteiger partial charge in [0.25, 0.3) is 0 Å². The first-order valence-corrected chi connectivity index (χ1v) is 10.1. The molecule has 2 aromatic carbocycles. The van der Waals surface area contributed by atoms with Crippen molar-refractivity contribution in [1.82, 2.24) is 10.3 Å². The number of para-hydroxylation sites is 1. The number of fused-ring (bicyclic) bond motifs is 1. The highest BCUT2D eigenvalue weighted by molar-refractivity contribution is 5.98. The lowest BCUT2D eigenvalue weighted by atomic mass is 9.74. The molecule has 0 bridgehead atoms. The molecule has 1 aliphatic carbocycles. The molecule has 0 radical (unpaired) electrons. The fourth-order valence-corrected chi connectivity index (χ4v) is 4.87. The number of aromatic nitrogens is 1. The summed E-state index contributed by atoms with van der Waals surface area (Å²) >= 11 is 0. The zero-order chi connectivity index (χ0) is 18.7. The molecular formula is C24H22N4. The maximum atomic E-state index is 7.17. The molecule has 1 aromatic heterocycles. The van der Waals surface area contributed by atoms with Gasteiger partial charge in [-0.1, -0.05) is 42.5 Å². The van der Waals surface area contributed by atoms with Gasteiger partial charge >= 0.3 is 0 Å². The summed E-state index contributed by atoms with van der Waals surface area (Å²) in [5.41, 5.74) is 7.43. The molecule has 0 unspecified atom stereocenters. The van der Waals surface area contributed by atoms with Gasteiger partial charge in [0.1, 0.15) is 0 Å². The Bertz CT molecular complexity index is 1110. The van der Waals surface area contributed by atoms with Crippen LogP contribution in [0.5, 0.6) is 0 Å². The van der Waals surface area contributed by atoms with Gasteiger partial charge in [-0.3, -0.25) is 4.98 Å². The normalized spacial score (nSPS) is 19.9. The molecule has 0 atom stereocenters. The van der Waals surface area contributed by atoms with Crippen LogP contribution in [0.15, 0.2) is 48.7 Å². The van der Waals surface area contributed by atoms with E-state index in [2.05, 4.69) is 39.5 Å². The zero-order valence-corrected chi connectivity index (χ0v) is 15.8. The first-order valence-electron chi connectivity index (χ1n) is 10.1. The molecule has 2 aliphatic heterocycles. The number of rotatable bonds is 3. The minimum atomic E-state index is 0.516. The Balaban J connectivity index is 1.46. The molecule has 6 rings (SSSR count). The van der Waals surface area contributed by atoms with Crippen LogP contribution in [0.1, 0.15) is 24.3 Å². The van der Waals surface area contributed by atoms with Crippen molar-refractivity contribution in [2.75, 3.05) is 31.1 Å². The van der Waals surface area contributed by atoms with Gasteiger partial charge in [-0.05, 0) is 29.9 Å². The monoisotopic (exact) mass is 366 g/mol. The number of anilines is 1. The SMILES string of the molecule is [C-]#[N+]c1ccc(-c2cccc3c(C4CC4)c(N4CC5(CNC5)C4)cnc23)cc1. The Morgan fingerprint density at radius 3 is 2.50 bits per heavy atom. The summed E-state index contributed by atoms with van der Waals surface area (Å²) in [7, 11) is 0. The summed E-state index contributed by atoms with van der Waals surface area (Å²) in [6.07, 6.45) is 4.69.